The quantitative estimate of drug-likeness (QED) is 0.812. The van der Waals surface area contributed by atoms with E-state index in [2.05, 4.69) is 15.5 Å². The lowest BCUT2D eigenvalue weighted by molar-refractivity contribution is 0.100. The summed E-state index contributed by atoms with van der Waals surface area (Å²) in [6, 6.07) is 9.20. The fraction of sp³-hybridized carbons (Fsp3) is 0.312. The van der Waals surface area contributed by atoms with E-state index in [1.807, 2.05) is 38.1 Å². The summed E-state index contributed by atoms with van der Waals surface area (Å²) in [6.07, 6.45) is 0.697. The molecule has 23 heavy (non-hydrogen) atoms. The third-order valence-electron chi connectivity index (χ3n) is 3.37. The van der Waals surface area contributed by atoms with Gasteiger partial charge >= 0.3 is 0 Å². The van der Waals surface area contributed by atoms with E-state index in [1.54, 1.807) is 0 Å². The standard InChI is InChI=1S/C16H19ClN4O2/c1-3-11(23-13-7-5-4-6-10(13)2)9-19-16-12(15(18)22)8-14(17)20-21-16/h4-8,11H,3,9H2,1-2H3,(H2,18,22)(H,19,21). The minimum absolute atomic E-state index is 0.0886. The van der Waals surface area contributed by atoms with Crippen LogP contribution in [0.1, 0.15) is 29.3 Å². The molecule has 0 aliphatic carbocycles. The van der Waals surface area contributed by atoms with Crippen LogP contribution in [0.3, 0.4) is 0 Å². The van der Waals surface area contributed by atoms with Gasteiger partial charge in [0.25, 0.3) is 5.91 Å². The predicted molar refractivity (Wildman–Crippen MR) is 89.9 cm³/mol. The van der Waals surface area contributed by atoms with Gasteiger partial charge in [-0.3, -0.25) is 4.79 Å². The van der Waals surface area contributed by atoms with Gasteiger partial charge in [-0.2, -0.15) is 0 Å². The molecule has 0 fully saturated rings. The number of amides is 1. The highest BCUT2D eigenvalue weighted by molar-refractivity contribution is 6.29. The van der Waals surface area contributed by atoms with Crippen molar-refractivity contribution in [2.45, 2.75) is 26.4 Å². The summed E-state index contributed by atoms with van der Waals surface area (Å²) < 4.78 is 5.99. The number of rotatable bonds is 7. The maximum Gasteiger partial charge on any atom is 0.252 e. The Balaban J connectivity index is 2.06. The fourth-order valence-corrected chi connectivity index (χ4v) is 2.18. The van der Waals surface area contributed by atoms with E-state index in [4.69, 9.17) is 22.1 Å². The Kier molecular flexibility index (Phi) is 5.76. The number of carbonyl (C=O) groups is 1. The molecule has 0 aliphatic heterocycles. The molecule has 0 radical (unpaired) electrons. The second-order valence-electron chi connectivity index (χ2n) is 5.09. The lowest BCUT2D eigenvalue weighted by atomic mass is 10.2. The molecule has 1 unspecified atom stereocenters. The van der Waals surface area contributed by atoms with Crippen LogP contribution in [0.15, 0.2) is 30.3 Å². The van der Waals surface area contributed by atoms with E-state index >= 15 is 0 Å². The summed E-state index contributed by atoms with van der Waals surface area (Å²) in [4.78, 5) is 11.4. The zero-order valence-electron chi connectivity index (χ0n) is 13.0. The first-order chi connectivity index (χ1) is 11.0. The highest BCUT2D eigenvalue weighted by Gasteiger charge is 2.15. The summed E-state index contributed by atoms with van der Waals surface area (Å²) in [5.41, 5.74) is 6.60. The van der Waals surface area contributed by atoms with Gasteiger partial charge in [-0.1, -0.05) is 36.7 Å². The maximum absolute atomic E-state index is 11.4. The number of halogens is 1. The molecule has 0 aliphatic rings. The van der Waals surface area contributed by atoms with Crippen LogP contribution in [0.5, 0.6) is 5.75 Å². The average molecular weight is 335 g/mol. The Morgan fingerprint density at radius 3 is 2.78 bits per heavy atom. The SMILES string of the molecule is CCC(CNc1nnc(Cl)cc1C(N)=O)Oc1ccccc1C. The van der Waals surface area contributed by atoms with Gasteiger partial charge in [0.2, 0.25) is 0 Å². The van der Waals surface area contributed by atoms with Gasteiger partial charge in [-0.05, 0) is 31.0 Å². The Hall–Kier alpha value is -2.34. The van der Waals surface area contributed by atoms with E-state index in [1.165, 1.54) is 6.07 Å². The minimum atomic E-state index is -0.614. The molecular formula is C16H19ClN4O2. The summed E-state index contributed by atoms with van der Waals surface area (Å²) >= 11 is 5.74. The number of hydrogen-bond donors (Lipinski definition) is 2. The second kappa shape index (κ2) is 7.78. The van der Waals surface area contributed by atoms with Crippen molar-refractivity contribution in [2.75, 3.05) is 11.9 Å². The first-order valence-electron chi connectivity index (χ1n) is 7.30. The van der Waals surface area contributed by atoms with E-state index in [9.17, 15) is 4.79 Å². The summed E-state index contributed by atoms with van der Waals surface area (Å²) in [6.45, 7) is 4.47. The number of hydrogen-bond acceptors (Lipinski definition) is 5. The topological polar surface area (TPSA) is 90.1 Å². The summed E-state index contributed by atoms with van der Waals surface area (Å²) in [5, 5.41) is 10.8. The number of nitrogens with one attached hydrogen (secondary N) is 1. The van der Waals surface area contributed by atoms with Crippen LogP contribution < -0.4 is 15.8 Å². The molecule has 7 heteroatoms. The number of carbonyl (C=O) groups excluding carboxylic acids is 1. The number of aryl methyl sites for hydroxylation is 1. The Morgan fingerprint density at radius 2 is 2.13 bits per heavy atom. The number of aromatic nitrogens is 2. The smallest absolute Gasteiger partial charge is 0.252 e. The lowest BCUT2D eigenvalue weighted by Crippen LogP contribution is -2.27. The van der Waals surface area contributed by atoms with Crippen LogP contribution in [0.2, 0.25) is 5.15 Å². The van der Waals surface area contributed by atoms with Crippen LogP contribution in [0, 0.1) is 6.92 Å². The number of primary amides is 1. The van der Waals surface area contributed by atoms with E-state index in [0.717, 1.165) is 17.7 Å². The molecule has 122 valence electrons. The molecule has 2 rings (SSSR count). The largest absolute Gasteiger partial charge is 0.488 e. The van der Waals surface area contributed by atoms with Crippen molar-refractivity contribution in [3.63, 3.8) is 0 Å². The molecule has 6 nitrogen and oxygen atoms in total. The van der Waals surface area contributed by atoms with Gasteiger partial charge < -0.3 is 15.8 Å². The van der Waals surface area contributed by atoms with E-state index in [0.29, 0.717) is 12.4 Å². The number of benzene rings is 1. The predicted octanol–water partition coefficient (Wildman–Crippen LogP) is 2.81. The Morgan fingerprint density at radius 1 is 1.39 bits per heavy atom. The average Bonchev–Trinajstić information content (AvgIpc) is 2.53. The van der Waals surface area contributed by atoms with Gasteiger partial charge in [0, 0.05) is 0 Å². The Bertz CT molecular complexity index is 694. The van der Waals surface area contributed by atoms with Crippen molar-refractivity contribution < 1.29 is 9.53 Å². The first kappa shape index (κ1) is 17.0. The van der Waals surface area contributed by atoms with Gasteiger partial charge in [-0.25, -0.2) is 0 Å². The van der Waals surface area contributed by atoms with Crippen molar-refractivity contribution in [2.24, 2.45) is 5.73 Å². The minimum Gasteiger partial charge on any atom is -0.488 e. The molecule has 3 N–H and O–H groups in total. The molecule has 1 heterocycles. The zero-order chi connectivity index (χ0) is 16.8. The van der Waals surface area contributed by atoms with Gasteiger partial charge in [-0.15, -0.1) is 10.2 Å². The molecule has 0 spiro atoms. The highest BCUT2D eigenvalue weighted by Crippen LogP contribution is 2.20. The van der Waals surface area contributed by atoms with Crippen LogP contribution in [0.25, 0.3) is 0 Å². The van der Waals surface area contributed by atoms with E-state index < -0.39 is 5.91 Å². The number of nitrogens with zero attached hydrogens (tertiary/aromatic N) is 2. The van der Waals surface area contributed by atoms with Crippen molar-refractivity contribution in [3.8, 4) is 5.75 Å². The second-order valence-corrected chi connectivity index (χ2v) is 5.48. The summed E-state index contributed by atoms with van der Waals surface area (Å²) in [5.74, 6) is 0.518. The lowest BCUT2D eigenvalue weighted by Gasteiger charge is -2.20. The molecule has 0 saturated heterocycles. The molecule has 0 bridgehead atoms. The van der Waals surface area contributed by atoms with Gasteiger partial charge in [0.1, 0.15) is 11.9 Å². The van der Waals surface area contributed by atoms with Gasteiger partial charge in [0.15, 0.2) is 11.0 Å². The molecule has 0 saturated carbocycles. The number of ether oxygens (including phenoxy) is 1. The molecular weight excluding hydrogens is 316 g/mol. The molecule has 2 aromatic rings. The zero-order valence-corrected chi connectivity index (χ0v) is 13.8. The highest BCUT2D eigenvalue weighted by atomic mass is 35.5. The van der Waals surface area contributed by atoms with E-state index in [-0.39, 0.29) is 16.8 Å². The van der Waals surface area contributed by atoms with Gasteiger partial charge in [0.05, 0.1) is 12.1 Å². The third-order valence-corrected chi connectivity index (χ3v) is 3.55. The summed E-state index contributed by atoms with van der Waals surface area (Å²) in [7, 11) is 0. The van der Waals surface area contributed by atoms with Crippen LogP contribution in [-0.2, 0) is 0 Å². The molecule has 1 aromatic heterocycles. The van der Waals surface area contributed by atoms with Crippen LogP contribution in [0.4, 0.5) is 5.82 Å². The van der Waals surface area contributed by atoms with Crippen LogP contribution in [-0.4, -0.2) is 28.8 Å². The van der Waals surface area contributed by atoms with Crippen molar-refractivity contribution in [3.05, 3.63) is 46.6 Å². The third kappa shape index (κ3) is 4.56. The van der Waals surface area contributed by atoms with Crippen molar-refractivity contribution >= 4 is 23.3 Å². The number of para-hydroxylation sites is 1. The fourth-order valence-electron chi connectivity index (χ4n) is 2.03. The first-order valence-corrected chi connectivity index (χ1v) is 7.68. The molecule has 1 atom stereocenters. The molecule has 1 amide bonds. The number of nitrogens with two attached hydrogens (primary N) is 1. The van der Waals surface area contributed by atoms with Crippen molar-refractivity contribution in [1.82, 2.24) is 10.2 Å². The van der Waals surface area contributed by atoms with Crippen molar-refractivity contribution in [1.29, 1.82) is 0 Å². The normalized spacial score (nSPS) is 11.8. The number of anilines is 1. The monoisotopic (exact) mass is 334 g/mol. The Labute approximate surface area is 140 Å². The van der Waals surface area contributed by atoms with Crippen LogP contribution >= 0.6 is 11.6 Å². The maximum atomic E-state index is 11.4. The molecule has 1 aromatic carbocycles.